The van der Waals surface area contributed by atoms with Crippen molar-refractivity contribution < 1.29 is 13.2 Å². The average Bonchev–Trinajstić information content (AvgIpc) is 3.24. The number of halogens is 1. The van der Waals surface area contributed by atoms with Gasteiger partial charge >= 0.3 is 0 Å². The minimum atomic E-state index is -2.18. The molecule has 4 aromatic rings. The number of aromatic nitrogens is 2. The van der Waals surface area contributed by atoms with E-state index in [9.17, 15) is 17.9 Å². The highest BCUT2D eigenvalue weighted by atomic mass is 32.2. The second kappa shape index (κ2) is 8.83. The van der Waals surface area contributed by atoms with Gasteiger partial charge in [-0.3, -0.25) is 9.00 Å². The van der Waals surface area contributed by atoms with Crippen molar-refractivity contribution in [1.82, 2.24) is 9.78 Å². The van der Waals surface area contributed by atoms with Crippen LogP contribution in [0.15, 0.2) is 76.3 Å². The van der Waals surface area contributed by atoms with Crippen LogP contribution in [0.2, 0.25) is 0 Å². The van der Waals surface area contributed by atoms with Gasteiger partial charge in [0.25, 0.3) is 5.56 Å². The summed E-state index contributed by atoms with van der Waals surface area (Å²) in [5.74, 6) is -0.464. The van der Waals surface area contributed by atoms with Crippen LogP contribution >= 0.6 is 11.3 Å². The molecule has 0 fully saturated rings. The topological polar surface area (TPSA) is 75.0 Å². The Morgan fingerprint density at radius 1 is 1.00 bits per heavy atom. The summed E-state index contributed by atoms with van der Waals surface area (Å²) in [6.45, 7) is 0.338. The summed E-state index contributed by atoms with van der Waals surface area (Å²) in [5.41, 5.74) is 3.67. The molecule has 2 aromatic carbocycles. The van der Waals surface area contributed by atoms with Crippen molar-refractivity contribution in [3.8, 4) is 22.3 Å². The standard InChI is InChI=1S/C22H17FN2O3S2/c23-19-7-5-18(6-8-19)21-20(17-3-1-15(2-4-17)14-30(27)28)11-24-25(22(21)26)12-16-9-10-29-13-16/h1-11,13H,12,14H2,(H,27,28)/p-1. The molecule has 152 valence electrons. The smallest absolute Gasteiger partial charge is 0.275 e. The zero-order valence-corrected chi connectivity index (χ0v) is 17.3. The van der Waals surface area contributed by atoms with Gasteiger partial charge in [0.05, 0.1) is 18.3 Å². The quantitative estimate of drug-likeness (QED) is 0.422. The fraction of sp³-hybridized carbons (Fsp3) is 0.0909. The summed E-state index contributed by atoms with van der Waals surface area (Å²) in [4.78, 5) is 13.3. The first kappa shape index (κ1) is 20.3. The van der Waals surface area contributed by atoms with Crippen LogP contribution in [0.25, 0.3) is 22.3 Å². The van der Waals surface area contributed by atoms with E-state index < -0.39 is 11.1 Å². The highest BCUT2D eigenvalue weighted by molar-refractivity contribution is 7.78. The average molecular weight is 440 g/mol. The van der Waals surface area contributed by atoms with E-state index in [0.29, 0.717) is 28.8 Å². The van der Waals surface area contributed by atoms with Crippen LogP contribution in [0.3, 0.4) is 0 Å². The van der Waals surface area contributed by atoms with Crippen LogP contribution in [0.5, 0.6) is 0 Å². The van der Waals surface area contributed by atoms with Crippen LogP contribution in [0.4, 0.5) is 4.39 Å². The molecule has 0 spiro atoms. The molecule has 0 N–H and O–H groups in total. The lowest BCUT2D eigenvalue weighted by molar-refractivity contribution is 0.536. The molecule has 0 amide bonds. The largest absolute Gasteiger partial charge is 0.772 e. The van der Waals surface area contributed by atoms with Crippen molar-refractivity contribution in [2.75, 3.05) is 0 Å². The summed E-state index contributed by atoms with van der Waals surface area (Å²) in [7, 11) is 0. The number of rotatable bonds is 6. The monoisotopic (exact) mass is 439 g/mol. The van der Waals surface area contributed by atoms with Crippen molar-refractivity contribution in [3.63, 3.8) is 0 Å². The van der Waals surface area contributed by atoms with Gasteiger partial charge in [-0.1, -0.05) is 47.5 Å². The Labute approximate surface area is 178 Å². The summed E-state index contributed by atoms with van der Waals surface area (Å²) < 4.78 is 36.7. The maximum absolute atomic E-state index is 13.5. The maximum atomic E-state index is 13.5. The predicted molar refractivity (Wildman–Crippen MR) is 115 cm³/mol. The Balaban J connectivity index is 1.83. The molecule has 0 aliphatic rings. The minimum Gasteiger partial charge on any atom is -0.772 e. The lowest BCUT2D eigenvalue weighted by Gasteiger charge is -2.13. The molecule has 1 unspecified atom stereocenters. The third-order valence-corrected chi connectivity index (χ3v) is 5.94. The second-order valence-electron chi connectivity index (χ2n) is 6.68. The first-order valence-corrected chi connectivity index (χ1v) is 11.2. The van der Waals surface area contributed by atoms with E-state index >= 15 is 0 Å². The Hall–Kier alpha value is -2.94. The zero-order valence-electron chi connectivity index (χ0n) is 15.7. The Morgan fingerprint density at radius 2 is 1.70 bits per heavy atom. The van der Waals surface area contributed by atoms with Crippen LogP contribution in [0, 0.1) is 5.82 Å². The van der Waals surface area contributed by atoms with Gasteiger partial charge in [-0.05, 0) is 51.2 Å². The molecule has 0 radical (unpaired) electrons. The molecule has 0 aliphatic heterocycles. The van der Waals surface area contributed by atoms with E-state index in [2.05, 4.69) is 5.10 Å². The predicted octanol–water partition coefficient (Wildman–Crippen LogP) is 4.21. The minimum absolute atomic E-state index is 0.0778. The van der Waals surface area contributed by atoms with Crippen molar-refractivity contribution >= 4 is 22.4 Å². The van der Waals surface area contributed by atoms with E-state index in [1.54, 1.807) is 53.9 Å². The highest BCUT2D eigenvalue weighted by Gasteiger charge is 2.16. The molecule has 0 saturated heterocycles. The second-order valence-corrected chi connectivity index (χ2v) is 8.36. The first-order valence-electron chi connectivity index (χ1n) is 9.03. The fourth-order valence-electron chi connectivity index (χ4n) is 3.19. The van der Waals surface area contributed by atoms with E-state index in [4.69, 9.17) is 0 Å². The van der Waals surface area contributed by atoms with Gasteiger partial charge in [0.1, 0.15) is 5.82 Å². The van der Waals surface area contributed by atoms with Gasteiger partial charge in [0.2, 0.25) is 0 Å². The Bertz CT molecular complexity index is 1240. The van der Waals surface area contributed by atoms with Crippen LogP contribution < -0.4 is 5.56 Å². The molecule has 0 bridgehead atoms. The van der Waals surface area contributed by atoms with Gasteiger partial charge in [-0.2, -0.15) is 16.4 Å². The van der Waals surface area contributed by atoms with Crippen molar-refractivity contribution in [2.24, 2.45) is 0 Å². The first-order chi connectivity index (χ1) is 14.5. The van der Waals surface area contributed by atoms with Gasteiger partial charge in [-0.15, -0.1) is 0 Å². The molecule has 0 saturated carbocycles. The molecule has 0 aliphatic carbocycles. The van der Waals surface area contributed by atoms with Crippen molar-refractivity contribution in [1.29, 1.82) is 0 Å². The maximum Gasteiger partial charge on any atom is 0.275 e. The zero-order chi connectivity index (χ0) is 21.1. The highest BCUT2D eigenvalue weighted by Crippen LogP contribution is 2.29. The third kappa shape index (κ3) is 4.46. The SMILES string of the molecule is O=c1c(-c2ccc(F)cc2)c(-c2ccc(CS(=O)[O-])cc2)cnn1Cc1ccsc1. The molecule has 1 atom stereocenters. The number of hydrogen-bond acceptors (Lipinski definition) is 5. The Kier molecular flexibility index (Phi) is 5.98. The number of benzene rings is 2. The molecule has 5 nitrogen and oxygen atoms in total. The Morgan fingerprint density at radius 3 is 2.33 bits per heavy atom. The fourth-order valence-corrected chi connectivity index (χ4v) is 4.31. The van der Waals surface area contributed by atoms with Crippen LogP contribution in [0.1, 0.15) is 11.1 Å². The van der Waals surface area contributed by atoms with E-state index in [-0.39, 0.29) is 17.1 Å². The molecule has 2 aromatic heterocycles. The molecule has 8 heteroatoms. The van der Waals surface area contributed by atoms with E-state index in [0.717, 1.165) is 11.1 Å². The molecule has 4 rings (SSSR count). The summed E-state index contributed by atoms with van der Waals surface area (Å²) in [6, 6.07) is 14.6. The number of thiophene rings is 1. The third-order valence-electron chi connectivity index (χ3n) is 4.64. The molecular formula is C22H16FN2O3S2-. The normalized spacial score (nSPS) is 12.1. The van der Waals surface area contributed by atoms with Crippen LogP contribution in [-0.2, 0) is 23.4 Å². The van der Waals surface area contributed by atoms with Crippen molar-refractivity contribution in [2.45, 2.75) is 12.3 Å². The lowest BCUT2D eigenvalue weighted by atomic mass is 9.96. The van der Waals surface area contributed by atoms with Gasteiger partial charge in [0.15, 0.2) is 0 Å². The summed E-state index contributed by atoms with van der Waals surface area (Å²) in [6.07, 6.45) is 1.62. The summed E-state index contributed by atoms with van der Waals surface area (Å²) in [5, 5.41) is 8.23. The van der Waals surface area contributed by atoms with Gasteiger partial charge < -0.3 is 4.55 Å². The number of nitrogens with zero attached hydrogens (tertiary/aromatic N) is 2. The van der Waals surface area contributed by atoms with E-state index in [1.165, 1.54) is 16.8 Å². The van der Waals surface area contributed by atoms with Crippen molar-refractivity contribution in [3.05, 3.63) is 98.9 Å². The van der Waals surface area contributed by atoms with Gasteiger partial charge in [0, 0.05) is 11.3 Å². The number of hydrogen-bond donors (Lipinski definition) is 0. The summed E-state index contributed by atoms with van der Waals surface area (Å²) >= 11 is -0.634. The molecule has 30 heavy (non-hydrogen) atoms. The van der Waals surface area contributed by atoms with E-state index in [1.807, 2.05) is 16.8 Å². The lowest BCUT2D eigenvalue weighted by Crippen LogP contribution is -2.25. The molecular weight excluding hydrogens is 423 g/mol. The van der Waals surface area contributed by atoms with Crippen LogP contribution in [-0.4, -0.2) is 18.5 Å². The molecule has 2 heterocycles. The van der Waals surface area contributed by atoms with Gasteiger partial charge in [-0.25, -0.2) is 9.07 Å².